The zero-order chi connectivity index (χ0) is 11.1. The molecule has 4 nitrogen and oxygen atoms in total. The number of nitrogens with zero attached hydrogens (tertiary/aromatic N) is 2. The van der Waals surface area contributed by atoms with Gasteiger partial charge in [0, 0.05) is 19.1 Å². The van der Waals surface area contributed by atoms with Crippen LogP contribution in [0.15, 0.2) is 0 Å². The number of aryl methyl sites for hydroxylation is 1. The van der Waals surface area contributed by atoms with Gasteiger partial charge < -0.3 is 10.6 Å². The highest BCUT2D eigenvalue weighted by molar-refractivity contribution is 7.05. The summed E-state index contributed by atoms with van der Waals surface area (Å²) < 4.78 is 3.97. The van der Waals surface area contributed by atoms with E-state index in [2.05, 4.69) is 41.0 Å². The van der Waals surface area contributed by atoms with Crippen molar-refractivity contribution in [3.63, 3.8) is 0 Å². The molecule has 0 aromatic carbocycles. The second-order valence-electron chi connectivity index (χ2n) is 3.59. The zero-order valence-electron chi connectivity index (χ0n) is 9.71. The average Bonchev–Trinajstić information content (AvgIpc) is 2.70. The molecule has 0 aliphatic heterocycles. The molecule has 1 aromatic heterocycles. The van der Waals surface area contributed by atoms with Crippen molar-refractivity contribution in [3.05, 3.63) is 10.6 Å². The van der Waals surface area contributed by atoms with E-state index in [0.717, 1.165) is 31.7 Å². The number of rotatable bonds is 7. The van der Waals surface area contributed by atoms with E-state index in [1.165, 1.54) is 16.4 Å². The van der Waals surface area contributed by atoms with Crippen molar-refractivity contribution >= 4 is 11.5 Å². The Bertz CT molecular complexity index is 274. The molecular weight excluding hydrogens is 208 g/mol. The van der Waals surface area contributed by atoms with Crippen LogP contribution in [0.5, 0.6) is 0 Å². The maximum atomic E-state index is 4.09. The summed E-state index contributed by atoms with van der Waals surface area (Å²) in [5, 5.41) is 10.9. The molecule has 86 valence electrons. The smallest absolute Gasteiger partial charge is 0.0797 e. The van der Waals surface area contributed by atoms with Gasteiger partial charge in [0.1, 0.15) is 0 Å². The van der Waals surface area contributed by atoms with Crippen molar-refractivity contribution in [1.29, 1.82) is 0 Å². The number of aromatic nitrogens is 2. The van der Waals surface area contributed by atoms with E-state index in [0.29, 0.717) is 6.04 Å². The van der Waals surface area contributed by atoms with Gasteiger partial charge in [-0.05, 0) is 31.4 Å². The normalized spacial score (nSPS) is 13.0. The van der Waals surface area contributed by atoms with Crippen molar-refractivity contribution in [3.8, 4) is 0 Å². The number of hydrogen-bond acceptors (Lipinski definition) is 5. The topological polar surface area (TPSA) is 49.8 Å². The summed E-state index contributed by atoms with van der Waals surface area (Å²) in [6.07, 6.45) is 0.967. The lowest BCUT2D eigenvalue weighted by Gasteiger charge is -2.13. The average molecular weight is 228 g/mol. The Morgan fingerprint density at radius 2 is 2.20 bits per heavy atom. The first-order valence-corrected chi connectivity index (χ1v) is 6.29. The zero-order valence-corrected chi connectivity index (χ0v) is 10.5. The van der Waals surface area contributed by atoms with Gasteiger partial charge >= 0.3 is 0 Å². The first-order valence-electron chi connectivity index (χ1n) is 5.52. The largest absolute Gasteiger partial charge is 0.315 e. The van der Waals surface area contributed by atoms with Crippen LogP contribution >= 0.6 is 11.5 Å². The summed E-state index contributed by atoms with van der Waals surface area (Å²) in [5.74, 6) is 0. The van der Waals surface area contributed by atoms with Crippen LogP contribution in [0, 0.1) is 0 Å². The van der Waals surface area contributed by atoms with Gasteiger partial charge in [0.25, 0.3) is 0 Å². The SMILES string of the molecule is CCNCC(C)NCc1snnc1CC. The summed E-state index contributed by atoms with van der Waals surface area (Å²) in [6.45, 7) is 9.33. The van der Waals surface area contributed by atoms with Crippen LogP contribution in [-0.2, 0) is 13.0 Å². The van der Waals surface area contributed by atoms with Gasteiger partial charge in [-0.2, -0.15) is 0 Å². The molecule has 0 bridgehead atoms. The van der Waals surface area contributed by atoms with Crippen molar-refractivity contribution < 1.29 is 0 Å². The summed E-state index contributed by atoms with van der Waals surface area (Å²) >= 11 is 1.50. The van der Waals surface area contributed by atoms with Gasteiger partial charge in [-0.25, -0.2) is 0 Å². The highest BCUT2D eigenvalue weighted by Crippen LogP contribution is 2.10. The van der Waals surface area contributed by atoms with E-state index < -0.39 is 0 Å². The lowest BCUT2D eigenvalue weighted by molar-refractivity contribution is 0.510. The Kier molecular flexibility index (Phi) is 5.75. The Balaban J connectivity index is 2.30. The minimum Gasteiger partial charge on any atom is -0.315 e. The molecule has 0 saturated carbocycles. The van der Waals surface area contributed by atoms with E-state index in [4.69, 9.17) is 0 Å². The van der Waals surface area contributed by atoms with E-state index >= 15 is 0 Å². The molecule has 1 rings (SSSR count). The second kappa shape index (κ2) is 6.87. The van der Waals surface area contributed by atoms with Crippen LogP contribution in [0.25, 0.3) is 0 Å². The monoisotopic (exact) mass is 228 g/mol. The second-order valence-corrected chi connectivity index (χ2v) is 4.42. The summed E-state index contributed by atoms with van der Waals surface area (Å²) in [5.41, 5.74) is 1.13. The van der Waals surface area contributed by atoms with Crippen LogP contribution in [0.2, 0.25) is 0 Å². The van der Waals surface area contributed by atoms with Gasteiger partial charge in [0.2, 0.25) is 0 Å². The van der Waals surface area contributed by atoms with Crippen LogP contribution < -0.4 is 10.6 Å². The van der Waals surface area contributed by atoms with Gasteiger partial charge in [-0.3, -0.25) is 0 Å². The Morgan fingerprint density at radius 3 is 2.87 bits per heavy atom. The van der Waals surface area contributed by atoms with Crippen LogP contribution in [0.1, 0.15) is 31.3 Å². The quantitative estimate of drug-likeness (QED) is 0.736. The van der Waals surface area contributed by atoms with Gasteiger partial charge in [0.15, 0.2) is 0 Å². The summed E-state index contributed by atoms with van der Waals surface area (Å²) in [7, 11) is 0. The number of nitrogens with one attached hydrogen (secondary N) is 2. The molecule has 2 N–H and O–H groups in total. The minimum atomic E-state index is 0.483. The van der Waals surface area contributed by atoms with Crippen molar-refractivity contribution in [1.82, 2.24) is 20.2 Å². The van der Waals surface area contributed by atoms with Gasteiger partial charge in [-0.15, -0.1) is 5.10 Å². The van der Waals surface area contributed by atoms with E-state index in [1.807, 2.05) is 0 Å². The maximum Gasteiger partial charge on any atom is 0.0797 e. The third kappa shape index (κ3) is 4.24. The van der Waals surface area contributed by atoms with Gasteiger partial charge in [0.05, 0.1) is 10.6 Å². The van der Waals surface area contributed by atoms with Crippen LogP contribution in [0.3, 0.4) is 0 Å². The fraction of sp³-hybridized carbons (Fsp3) is 0.800. The highest BCUT2D eigenvalue weighted by Gasteiger charge is 2.07. The standard InChI is InChI=1S/C10H20N4S/c1-4-9-10(15-14-13-9)7-12-8(3)6-11-5-2/h8,11-12H,4-7H2,1-3H3. The molecule has 0 spiro atoms. The molecule has 1 unspecified atom stereocenters. The Labute approximate surface area is 95.6 Å². The Morgan fingerprint density at radius 1 is 1.40 bits per heavy atom. The first kappa shape index (κ1) is 12.5. The van der Waals surface area contributed by atoms with E-state index in [1.54, 1.807) is 0 Å². The highest BCUT2D eigenvalue weighted by atomic mass is 32.1. The molecule has 1 heterocycles. The van der Waals surface area contributed by atoms with Gasteiger partial charge in [-0.1, -0.05) is 18.3 Å². The van der Waals surface area contributed by atoms with Crippen molar-refractivity contribution in [2.24, 2.45) is 0 Å². The molecule has 0 aliphatic carbocycles. The number of hydrogen-bond donors (Lipinski definition) is 2. The first-order chi connectivity index (χ1) is 7.27. The third-order valence-corrected chi connectivity index (χ3v) is 3.04. The molecule has 0 radical (unpaired) electrons. The predicted octanol–water partition coefficient (Wildman–Crippen LogP) is 1.19. The van der Waals surface area contributed by atoms with Crippen LogP contribution in [0.4, 0.5) is 0 Å². The molecule has 15 heavy (non-hydrogen) atoms. The molecule has 0 saturated heterocycles. The number of likely N-dealkylation sites (N-methyl/N-ethyl adjacent to an activating group) is 1. The minimum absolute atomic E-state index is 0.483. The van der Waals surface area contributed by atoms with Crippen LogP contribution in [-0.4, -0.2) is 28.7 Å². The lowest BCUT2D eigenvalue weighted by Crippen LogP contribution is -2.35. The molecule has 1 atom stereocenters. The van der Waals surface area contributed by atoms with E-state index in [-0.39, 0.29) is 0 Å². The van der Waals surface area contributed by atoms with Crippen molar-refractivity contribution in [2.75, 3.05) is 13.1 Å². The molecule has 1 aromatic rings. The Hall–Kier alpha value is -0.520. The molecule has 0 amide bonds. The van der Waals surface area contributed by atoms with Crippen molar-refractivity contribution in [2.45, 2.75) is 39.8 Å². The maximum absolute atomic E-state index is 4.09. The molecule has 0 fully saturated rings. The van der Waals surface area contributed by atoms with E-state index in [9.17, 15) is 0 Å². The molecule has 5 heteroatoms. The molecular formula is C10H20N4S. The summed E-state index contributed by atoms with van der Waals surface area (Å²) in [4.78, 5) is 1.26. The predicted molar refractivity (Wildman–Crippen MR) is 64.1 cm³/mol. The third-order valence-electron chi connectivity index (χ3n) is 2.28. The lowest BCUT2D eigenvalue weighted by atomic mass is 10.2. The fourth-order valence-corrected chi connectivity index (χ4v) is 2.01. The molecule has 0 aliphatic rings. The fourth-order valence-electron chi connectivity index (χ4n) is 1.33. The summed E-state index contributed by atoms with van der Waals surface area (Å²) in [6, 6.07) is 0.483.